The summed E-state index contributed by atoms with van der Waals surface area (Å²) in [5.74, 6) is -1.08. The molecule has 0 radical (unpaired) electrons. The van der Waals surface area contributed by atoms with Crippen molar-refractivity contribution in [3.63, 3.8) is 0 Å². The Morgan fingerprint density at radius 3 is 1.08 bits per heavy atom. The monoisotopic (exact) mass is 388 g/mol. The molecule has 26 heavy (non-hydrogen) atoms. The van der Waals surface area contributed by atoms with Gasteiger partial charge in [-0.05, 0) is 19.8 Å². The molecule has 0 fully saturated rings. The fourth-order valence-corrected chi connectivity index (χ4v) is 4.31. The number of hydrogen-bond acceptors (Lipinski definition) is 2. The molecule has 0 bridgehead atoms. The molecular weight excluding hydrogens is 339 g/mol. The molecule has 0 aromatic rings. The van der Waals surface area contributed by atoms with Crippen LogP contribution in [0.4, 0.5) is 0 Å². The molecule has 0 aromatic carbocycles. The van der Waals surface area contributed by atoms with E-state index in [9.17, 15) is 0 Å². The van der Waals surface area contributed by atoms with Crippen molar-refractivity contribution in [3.05, 3.63) is 0 Å². The van der Waals surface area contributed by atoms with Crippen LogP contribution in [0.15, 0.2) is 0 Å². The van der Waals surface area contributed by atoms with Crippen LogP contribution < -0.4 is 5.11 Å². The third-order valence-electron chi connectivity index (χ3n) is 4.68. The summed E-state index contributed by atoms with van der Waals surface area (Å²) < 4.78 is 0. The molecule has 0 N–H and O–H groups in total. The second-order valence-electron chi connectivity index (χ2n) is 8.81. The van der Waals surface area contributed by atoms with Gasteiger partial charge in [-0.2, -0.15) is 0 Å². The van der Waals surface area contributed by atoms with Gasteiger partial charge >= 0.3 is 0 Å². The first-order chi connectivity index (χ1) is 12.3. The van der Waals surface area contributed by atoms with E-state index in [2.05, 4.69) is 26.9 Å². The number of aliphatic carboxylic acids is 1. The van der Waals surface area contributed by atoms with Gasteiger partial charge in [-0.25, -0.2) is 0 Å². The molecule has 0 saturated carbocycles. The number of hydrogen-bond donors (Lipinski definition) is 0. The normalized spacial score (nSPS) is 11.1. The molecule has 0 aliphatic rings. The minimum absolute atomic E-state index is 0.504. The Bertz CT molecular complexity index is 280. The van der Waals surface area contributed by atoms with Gasteiger partial charge in [-0.1, -0.05) is 96.8 Å². The second-order valence-corrected chi connectivity index (χ2v) is 13.8. The van der Waals surface area contributed by atoms with Crippen molar-refractivity contribution in [1.82, 2.24) is 0 Å². The Morgan fingerprint density at radius 2 is 0.846 bits per heavy atom. The Labute approximate surface area is 166 Å². The van der Waals surface area contributed by atoms with Crippen molar-refractivity contribution in [2.75, 3.05) is 26.2 Å². The molecule has 2 nitrogen and oxygen atoms in total. The number of rotatable bonds is 17. The van der Waals surface area contributed by atoms with Gasteiger partial charge in [0.05, 0.1) is 6.16 Å². The number of carbonyl (C=O) groups is 1. The molecular formula is C23H49O2P. The van der Waals surface area contributed by atoms with Gasteiger partial charge in [0, 0.05) is 33.2 Å². The van der Waals surface area contributed by atoms with Crippen LogP contribution in [-0.4, -0.2) is 32.1 Å². The predicted octanol–water partition coefficient (Wildman–Crippen LogP) is 6.91. The van der Waals surface area contributed by atoms with Crippen molar-refractivity contribution in [2.45, 2.75) is 117 Å². The average molecular weight is 389 g/mol. The highest BCUT2D eigenvalue weighted by Crippen LogP contribution is 2.47. The first-order valence-corrected chi connectivity index (χ1v) is 14.6. The minimum Gasteiger partial charge on any atom is -0.550 e. The van der Waals surface area contributed by atoms with Crippen molar-refractivity contribution < 1.29 is 9.90 Å². The maximum Gasteiger partial charge on any atom is 0.0586 e. The van der Waals surface area contributed by atoms with Crippen LogP contribution in [0.3, 0.4) is 0 Å². The molecule has 0 rings (SSSR count). The van der Waals surface area contributed by atoms with E-state index in [1.807, 2.05) is 0 Å². The first-order valence-electron chi connectivity index (χ1n) is 11.3. The Balaban J connectivity index is 0. The van der Waals surface area contributed by atoms with Gasteiger partial charge in [0.25, 0.3) is 0 Å². The van der Waals surface area contributed by atoms with Gasteiger partial charge in [0.15, 0.2) is 0 Å². The molecule has 0 aliphatic heterocycles. The predicted molar refractivity (Wildman–Crippen MR) is 120 cm³/mol. The fourth-order valence-electron chi connectivity index (χ4n) is 3.13. The molecule has 0 atom stereocenters. The lowest BCUT2D eigenvalue weighted by Crippen LogP contribution is -2.16. The highest BCUT2D eigenvalue weighted by atomic mass is 31.2. The summed E-state index contributed by atoms with van der Waals surface area (Å²) in [7, 11) is -0.504. The highest BCUT2D eigenvalue weighted by Gasteiger charge is 2.15. The van der Waals surface area contributed by atoms with Crippen molar-refractivity contribution >= 4 is 13.2 Å². The van der Waals surface area contributed by atoms with E-state index in [1.165, 1.54) is 109 Å². The highest BCUT2D eigenvalue weighted by molar-refractivity contribution is 7.73. The lowest BCUT2D eigenvalue weighted by atomic mass is 10.0. The summed E-state index contributed by atoms with van der Waals surface area (Å²) in [5, 5.41) is 8.89. The number of carbonyl (C=O) groups excluding carboxylic acids is 1. The van der Waals surface area contributed by atoms with Gasteiger partial charge in [-0.3, -0.25) is 0 Å². The zero-order chi connectivity index (χ0) is 20.1. The lowest BCUT2D eigenvalue weighted by molar-refractivity contribution is -0.302. The van der Waals surface area contributed by atoms with Crippen molar-refractivity contribution in [1.29, 1.82) is 0 Å². The van der Waals surface area contributed by atoms with Crippen molar-refractivity contribution in [2.24, 2.45) is 0 Å². The molecule has 0 spiro atoms. The maximum atomic E-state index is 8.89. The van der Waals surface area contributed by atoms with Gasteiger partial charge in [0.1, 0.15) is 0 Å². The fraction of sp³-hybridized carbons (Fsp3) is 0.957. The molecule has 0 aliphatic carbocycles. The third-order valence-corrected chi connectivity index (χ3v) is 6.34. The standard InChI is InChI=1S/C21H46P.C2H4O2/c1-5-6-7-8-9-10-11-12-13-14-15-16-17-18-19-20-21-22(2,3)4;1-2(3)4/h5-21H2,1-4H3;1H3,(H,3,4)/q+1;/p-1. The van der Waals surface area contributed by atoms with Crippen LogP contribution in [0.5, 0.6) is 0 Å². The maximum absolute atomic E-state index is 8.89. The average Bonchev–Trinajstić information content (AvgIpc) is 2.53. The van der Waals surface area contributed by atoms with Crippen LogP contribution in [0.2, 0.25) is 0 Å². The first kappa shape index (κ1) is 28.1. The lowest BCUT2D eigenvalue weighted by Gasteiger charge is -2.10. The molecule has 0 heterocycles. The van der Waals surface area contributed by atoms with Crippen LogP contribution in [0.1, 0.15) is 117 Å². The number of carboxylic acid groups (broad SMARTS) is 1. The largest absolute Gasteiger partial charge is 0.550 e. The number of carboxylic acids is 1. The van der Waals surface area contributed by atoms with Crippen molar-refractivity contribution in [3.8, 4) is 0 Å². The quantitative estimate of drug-likeness (QED) is 0.200. The molecule has 3 heteroatoms. The molecule has 158 valence electrons. The van der Waals surface area contributed by atoms with Crippen LogP contribution in [0.25, 0.3) is 0 Å². The summed E-state index contributed by atoms with van der Waals surface area (Å²) in [6, 6.07) is 0. The molecule has 0 unspecified atom stereocenters. The molecule has 0 amide bonds. The summed E-state index contributed by atoms with van der Waals surface area (Å²) in [6.07, 6.45) is 25.1. The van der Waals surface area contributed by atoms with E-state index < -0.39 is 13.2 Å². The summed E-state index contributed by atoms with van der Waals surface area (Å²) in [6.45, 7) is 10.7. The zero-order valence-corrected chi connectivity index (χ0v) is 19.7. The zero-order valence-electron chi connectivity index (χ0n) is 18.8. The van der Waals surface area contributed by atoms with E-state index in [0.717, 1.165) is 6.92 Å². The van der Waals surface area contributed by atoms with E-state index >= 15 is 0 Å². The topological polar surface area (TPSA) is 40.1 Å². The van der Waals surface area contributed by atoms with Gasteiger partial charge in [-0.15, -0.1) is 0 Å². The van der Waals surface area contributed by atoms with Gasteiger partial charge in [0.2, 0.25) is 0 Å². The van der Waals surface area contributed by atoms with E-state index in [-0.39, 0.29) is 0 Å². The minimum atomic E-state index is -1.08. The van der Waals surface area contributed by atoms with E-state index in [0.29, 0.717) is 0 Å². The summed E-state index contributed by atoms with van der Waals surface area (Å²) in [5.41, 5.74) is 0. The molecule has 0 saturated heterocycles. The Morgan fingerprint density at radius 1 is 0.615 bits per heavy atom. The van der Waals surface area contributed by atoms with Gasteiger partial charge < -0.3 is 9.90 Å². The van der Waals surface area contributed by atoms with Crippen LogP contribution in [0, 0.1) is 0 Å². The summed E-state index contributed by atoms with van der Waals surface area (Å²) >= 11 is 0. The van der Waals surface area contributed by atoms with Crippen LogP contribution >= 0.6 is 7.26 Å². The third kappa shape index (κ3) is 35.1. The van der Waals surface area contributed by atoms with Crippen LogP contribution in [-0.2, 0) is 4.79 Å². The molecule has 0 aromatic heterocycles. The Kier molecular flexibility index (Phi) is 22.9. The van der Waals surface area contributed by atoms with E-state index in [4.69, 9.17) is 9.90 Å². The Hall–Kier alpha value is -0.100. The summed E-state index contributed by atoms with van der Waals surface area (Å²) in [4.78, 5) is 8.89. The van der Waals surface area contributed by atoms with E-state index in [1.54, 1.807) is 0 Å². The second kappa shape index (κ2) is 21.2. The number of unbranched alkanes of at least 4 members (excludes halogenated alkanes) is 15. The smallest absolute Gasteiger partial charge is 0.0586 e. The SMILES string of the molecule is CC(=O)[O-].CCCCCCCCCCCCCCCCCC[P+](C)(C)C.